The van der Waals surface area contributed by atoms with Gasteiger partial charge in [0.1, 0.15) is 6.04 Å². The van der Waals surface area contributed by atoms with Gasteiger partial charge in [0.25, 0.3) is 0 Å². The second-order valence-corrected chi connectivity index (χ2v) is 7.12. The molecular weight excluding hydrogens is 276 g/mol. The van der Waals surface area contributed by atoms with Crippen LogP contribution < -0.4 is 5.32 Å². The Morgan fingerprint density at radius 2 is 2.00 bits per heavy atom. The molecule has 2 unspecified atom stereocenters. The van der Waals surface area contributed by atoms with Crippen molar-refractivity contribution in [3.05, 3.63) is 0 Å². The fourth-order valence-corrected chi connectivity index (χ4v) is 4.02. The highest BCUT2D eigenvalue weighted by molar-refractivity contribution is 8.00. The lowest BCUT2D eigenvalue weighted by Gasteiger charge is -2.36. The van der Waals surface area contributed by atoms with Gasteiger partial charge in [0.15, 0.2) is 0 Å². The van der Waals surface area contributed by atoms with Gasteiger partial charge in [0.2, 0.25) is 5.91 Å². The average molecular weight is 300 g/mol. The van der Waals surface area contributed by atoms with Gasteiger partial charge in [-0.25, -0.2) is 4.79 Å². The molecule has 2 fully saturated rings. The molecule has 2 aliphatic rings. The van der Waals surface area contributed by atoms with E-state index in [4.69, 9.17) is 0 Å². The van der Waals surface area contributed by atoms with Crippen LogP contribution in [-0.4, -0.2) is 58.6 Å². The summed E-state index contributed by atoms with van der Waals surface area (Å²) >= 11 is 1.69. The van der Waals surface area contributed by atoms with Crippen molar-refractivity contribution in [1.82, 2.24) is 10.2 Å². The van der Waals surface area contributed by atoms with Gasteiger partial charge in [-0.1, -0.05) is 6.92 Å². The molecule has 0 radical (unpaired) electrons. The second kappa shape index (κ2) is 7.31. The van der Waals surface area contributed by atoms with Crippen LogP contribution in [0, 0.1) is 5.92 Å². The van der Waals surface area contributed by atoms with Crippen LogP contribution >= 0.6 is 11.8 Å². The van der Waals surface area contributed by atoms with Gasteiger partial charge in [0.05, 0.1) is 5.75 Å². The molecule has 0 aromatic rings. The lowest BCUT2D eigenvalue weighted by Crippen LogP contribution is -2.50. The monoisotopic (exact) mass is 300 g/mol. The van der Waals surface area contributed by atoms with E-state index < -0.39 is 12.0 Å². The average Bonchev–Trinajstić information content (AvgIpc) is 2.45. The number of aliphatic carboxylic acids is 1. The van der Waals surface area contributed by atoms with E-state index in [-0.39, 0.29) is 5.91 Å². The molecule has 0 aromatic carbocycles. The van der Waals surface area contributed by atoms with Crippen LogP contribution in [0.25, 0.3) is 0 Å². The molecule has 2 saturated heterocycles. The van der Waals surface area contributed by atoms with Crippen LogP contribution in [0.5, 0.6) is 0 Å². The van der Waals surface area contributed by atoms with E-state index in [0.717, 1.165) is 32.4 Å². The minimum absolute atomic E-state index is 0.00664. The Kier molecular flexibility index (Phi) is 5.72. The first-order chi connectivity index (χ1) is 9.58. The molecule has 114 valence electrons. The summed E-state index contributed by atoms with van der Waals surface area (Å²) in [5.74, 6) is -0.0650. The van der Waals surface area contributed by atoms with E-state index in [9.17, 15) is 14.7 Å². The molecule has 1 amide bonds. The molecule has 0 aliphatic carbocycles. The van der Waals surface area contributed by atoms with Crippen molar-refractivity contribution in [1.29, 1.82) is 0 Å². The van der Waals surface area contributed by atoms with Gasteiger partial charge >= 0.3 is 5.97 Å². The van der Waals surface area contributed by atoms with Gasteiger partial charge in [-0.05, 0) is 44.7 Å². The van der Waals surface area contributed by atoms with Gasteiger partial charge in [-0.2, -0.15) is 0 Å². The summed E-state index contributed by atoms with van der Waals surface area (Å²) in [5.41, 5.74) is 0. The summed E-state index contributed by atoms with van der Waals surface area (Å²) in [5, 5.41) is 13.1. The molecule has 6 heteroatoms. The Morgan fingerprint density at radius 3 is 2.65 bits per heavy atom. The van der Waals surface area contributed by atoms with Crippen molar-refractivity contribution < 1.29 is 14.7 Å². The van der Waals surface area contributed by atoms with Gasteiger partial charge in [-0.15, -0.1) is 11.8 Å². The minimum atomic E-state index is -0.864. The maximum absolute atomic E-state index is 12.3. The zero-order chi connectivity index (χ0) is 14.5. The molecule has 5 nitrogen and oxygen atoms in total. The van der Waals surface area contributed by atoms with E-state index in [1.807, 2.05) is 0 Å². The SMILES string of the molecule is CC1CCN(C(=O)CSC2CCNCC2)C(C(=O)O)C1. The minimum Gasteiger partial charge on any atom is -0.480 e. The van der Waals surface area contributed by atoms with Crippen LogP contribution in [0.15, 0.2) is 0 Å². The lowest BCUT2D eigenvalue weighted by atomic mass is 9.92. The molecule has 20 heavy (non-hydrogen) atoms. The molecule has 0 bridgehead atoms. The van der Waals surface area contributed by atoms with Crippen molar-refractivity contribution in [3.8, 4) is 0 Å². The quantitative estimate of drug-likeness (QED) is 0.816. The first-order valence-corrected chi connectivity index (χ1v) is 8.47. The third-order valence-corrected chi connectivity index (χ3v) is 5.56. The van der Waals surface area contributed by atoms with Gasteiger partial charge < -0.3 is 15.3 Å². The zero-order valence-electron chi connectivity index (χ0n) is 12.0. The van der Waals surface area contributed by atoms with E-state index in [1.54, 1.807) is 16.7 Å². The smallest absolute Gasteiger partial charge is 0.326 e. The Balaban J connectivity index is 1.84. The number of piperidine rings is 2. The van der Waals surface area contributed by atoms with Gasteiger partial charge in [0, 0.05) is 11.8 Å². The molecule has 2 N–H and O–H groups in total. The molecule has 0 saturated carbocycles. The molecule has 2 atom stereocenters. The van der Waals surface area contributed by atoms with Crippen molar-refractivity contribution in [2.75, 3.05) is 25.4 Å². The maximum Gasteiger partial charge on any atom is 0.326 e. The van der Waals surface area contributed by atoms with Crippen molar-refractivity contribution in [2.24, 2.45) is 5.92 Å². The normalized spacial score (nSPS) is 28.4. The summed E-state index contributed by atoms with van der Waals surface area (Å²) in [6.07, 6.45) is 3.68. The number of carbonyl (C=O) groups excluding carboxylic acids is 1. The predicted molar refractivity (Wildman–Crippen MR) is 79.9 cm³/mol. The number of amides is 1. The van der Waals surface area contributed by atoms with E-state index in [1.165, 1.54) is 0 Å². The largest absolute Gasteiger partial charge is 0.480 e. The summed E-state index contributed by atoms with van der Waals surface area (Å²) < 4.78 is 0. The van der Waals surface area contributed by atoms with E-state index >= 15 is 0 Å². The first-order valence-electron chi connectivity index (χ1n) is 7.42. The number of carboxylic acid groups (broad SMARTS) is 1. The van der Waals surface area contributed by atoms with Crippen LogP contribution in [0.2, 0.25) is 0 Å². The summed E-state index contributed by atoms with van der Waals surface area (Å²) in [6, 6.07) is -0.625. The number of carboxylic acids is 1. The number of hydrogen-bond donors (Lipinski definition) is 2. The van der Waals surface area contributed by atoms with Crippen LogP contribution in [0.4, 0.5) is 0 Å². The highest BCUT2D eigenvalue weighted by Gasteiger charge is 2.34. The van der Waals surface area contributed by atoms with Crippen LogP contribution in [0.3, 0.4) is 0 Å². The van der Waals surface area contributed by atoms with Crippen LogP contribution in [-0.2, 0) is 9.59 Å². The van der Waals surface area contributed by atoms with E-state index in [0.29, 0.717) is 29.9 Å². The summed E-state index contributed by atoms with van der Waals surface area (Å²) in [4.78, 5) is 25.2. The fraction of sp³-hybridized carbons (Fsp3) is 0.857. The lowest BCUT2D eigenvalue weighted by molar-refractivity contribution is -0.151. The highest BCUT2D eigenvalue weighted by atomic mass is 32.2. The second-order valence-electron chi connectivity index (χ2n) is 5.83. The van der Waals surface area contributed by atoms with Crippen LogP contribution in [0.1, 0.15) is 32.6 Å². The third-order valence-electron chi connectivity index (χ3n) is 4.20. The van der Waals surface area contributed by atoms with Crippen molar-refractivity contribution in [3.63, 3.8) is 0 Å². The molecule has 2 heterocycles. The molecule has 0 spiro atoms. The van der Waals surface area contributed by atoms with Crippen molar-refractivity contribution >= 4 is 23.6 Å². The van der Waals surface area contributed by atoms with Gasteiger partial charge in [-0.3, -0.25) is 4.79 Å². The Hall–Kier alpha value is -0.750. The topological polar surface area (TPSA) is 69.6 Å². The summed E-state index contributed by atoms with van der Waals surface area (Å²) in [6.45, 7) is 4.68. The third kappa shape index (κ3) is 4.12. The number of nitrogens with zero attached hydrogens (tertiary/aromatic N) is 1. The first kappa shape index (κ1) is 15.6. The zero-order valence-corrected chi connectivity index (χ0v) is 12.8. The number of thioether (sulfide) groups is 1. The van der Waals surface area contributed by atoms with Crippen molar-refractivity contribution in [2.45, 2.75) is 43.9 Å². The maximum atomic E-state index is 12.3. The molecule has 2 aliphatic heterocycles. The van der Waals surface area contributed by atoms with E-state index in [2.05, 4.69) is 12.2 Å². The molecule has 2 rings (SSSR count). The standard InChI is InChI=1S/C14H24N2O3S/c1-10-4-7-16(12(8-10)14(18)19)13(17)9-20-11-2-5-15-6-3-11/h10-12,15H,2-9H2,1H3,(H,18,19). The Bertz CT molecular complexity index is 358. The summed E-state index contributed by atoms with van der Waals surface area (Å²) in [7, 11) is 0. The predicted octanol–water partition coefficient (Wildman–Crippen LogP) is 1.18. The number of hydrogen-bond acceptors (Lipinski definition) is 4. The molecule has 0 aromatic heterocycles. The number of rotatable bonds is 4. The molecular formula is C14H24N2O3S. The highest BCUT2D eigenvalue weighted by Crippen LogP contribution is 2.25. The number of carbonyl (C=O) groups is 2. The Labute approximate surface area is 124 Å². The number of likely N-dealkylation sites (tertiary alicyclic amines) is 1. The fourth-order valence-electron chi connectivity index (χ4n) is 2.91. The number of nitrogens with one attached hydrogen (secondary N) is 1. The Morgan fingerprint density at radius 1 is 1.30 bits per heavy atom.